The molecule has 1 spiro atoms. The summed E-state index contributed by atoms with van der Waals surface area (Å²) in [6.45, 7) is 2.65. The molecule has 154 valence electrons. The number of amides is 1. The van der Waals surface area contributed by atoms with Gasteiger partial charge in [-0.25, -0.2) is 8.78 Å². The first-order valence-corrected chi connectivity index (χ1v) is 10.1. The lowest BCUT2D eigenvalue weighted by atomic mass is 9.81. The fraction of sp³-hybridized carbons (Fsp3) is 0.435. The summed E-state index contributed by atoms with van der Waals surface area (Å²) in [5, 5.41) is 3.01. The maximum atomic E-state index is 14.0. The van der Waals surface area contributed by atoms with Crippen LogP contribution in [0, 0.1) is 18.6 Å². The van der Waals surface area contributed by atoms with Gasteiger partial charge in [0.15, 0.2) is 0 Å². The quantitative estimate of drug-likeness (QED) is 0.839. The highest BCUT2D eigenvalue weighted by Gasteiger charge is 2.41. The second-order valence-electron chi connectivity index (χ2n) is 8.31. The number of nitrogens with one attached hydrogen (secondary N) is 1. The summed E-state index contributed by atoms with van der Waals surface area (Å²) in [5.41, 5.74) is 1.27. The normalized spacial score (nSPS) is 24.0. The monoisotopic (exact) mass is 400 g/mol. The Hall–Kier alpha value is -2.47. The zero-order valence-electron chi connectivity index (χ0n) is 16.8. The zero-order valence-corrected chi connectivity index (χ0v) is 16.8. The van der Waals surface area contributed by atoms with Gasteiger partial charge in [0.25, 0.3) is 5.91 Å². The maximum Gasteiger partial charge on any atom is 0.255 e. The van der Waals surface area contributed by atoms with Gasteiger partial charge >= 0.3 is 0 Å². The predicted octanol–water partition coefficient (Wildman–Crippen LogP) is 4.21. The smallest absolute Gasteiger partial charge is 0.255 e. The fourth-order valence-electron chi connectivity index (χ4n) is 4.43. The van der Waals surface area contributed by atoms with E-state index in [9.17, 15) is 13.6 Å². The van der Waals surface area contributed by atoms with Gasteiger partial charge in [0.2, 0.25) is 0 Å². The number of carbonyl (C=O) groups excluding carboxylic acids is 1. The van der Waals surface area contributed by atoms with E-state index >= 15 is 0 Å². The van der Waals surface area contributed by atoms with Gasteiger partial charge in [-0.2, -0.15) is 0 Å². The van der Waals surface area contributed by atoms with Crippen LogP contribution in [0.2, 0.25) is 0 Å². The van der Waals surface area contributed by atoms with Crippen molar-refractivity contribution in [1.82, 2.24) is 10.2 Å². The molecular formula is C23H26F2N2O2. The number of fused-ring (bicyclic) bond motifs is 1. The summed E-state index contributed by atoms with van der Waals surface area (Å²) in [6.07, 6.45) is 3.22. The average Bonchev–Trinajstić information content (AvgIpc) is 2.83. The van der Waals surface area contributed by atoms with E-state index in [1.807, 2.05) is 37.1 Å². The molecule has 1 fully saturated rings. The number of rotatable bonds is 3. The van der Waals surface area contributed by atoms with Crippen LogP contribution in [0.3, 0.4) is 0 Å². The summed E-state index contributed by atoms with van der Waals surface area (Å²) < 4.78 is 34.3. The number of benzene rings is 2. The van der Waals surface area contributed by atoms with E-state index in [1.165, 1.54) is 18.2 Å². The van der Waals surface area contributed by atoms with Gasteiger partial charge in [-0.3, -0.25) is 9.69 Å². The van der Waals surface area contributed by atoms with E-state index in [2.05, 4.69) is 5.32 Å². The molecule has 4 nitrogen and oxygen atoms in total. The molecule has 1 saturated carbocycles. The van der Waals surface area contributed by atoms with Crippen LogP contribution in [0.15, 0.2) is 36.4 Å². The van der Waals surface area contributed by atoms with E-state index in [4.69, 9.17) is 4.74 Å². The fourth-order valence-corrected chi connectivity index (χ4v) is 4.43. The molecule has 2 aromatic rings. The molecule has 2 aliphatic rings. The van der Waals surface area contributed by atoms with E-state index in [0.717, 1.165) is 31.2 Å². The van der Waals surface area contributed by atoms with Crippen molar-refractivity contribution in [2.24, 2.45) is 0 Å². The van der Waals surface area contributed by atoms with Crippen LogP contribution >= 0.6 is 0 Å². The van der Waals surface area contributed by atoms with Gasteiger partial charge in [-0.15, -0.1) is 0 Å². The molecule has 0 unspecified atom stereocenters. The topological polar surface area (TPSA) is 41.6 Å². The van der Waals surface area contributed by atoms with Crippen LogP contribution in [-0.2, 0) is 6.54 Å². The summed E-state index contributed by atoms with van der Waals surface area (Å²) >= 11 is 0. The molecule has 1 aliphatic carbocycles. The second-order valence-corrected chi connectivity index (χ2v) is 8.31. The summed E-state index contributed by atoms with van der Waals surface area (Å²) in [7, 11) is 1.91. The van der Waals surface area contributed by atoms with Crippen molar-refractivity contribution < 1.29 is 18.3 Å². The summed E-state index contributed by atoms with van der Waals surface area (Å²) in [6, 6.07) is 9.86. The Kier molecular flexibility index (Phi) is 5.30. The average molecular weight is 400 g/mol. The molecule has 4 rings (SSSR count). The first-order valence-electron chi connectivity index (χ1n) is 10.1. The summed E-state index contributed by atoms with van der Waals surface area (Å²) in [4.78, 5) is 14.5. The third kappa shape index (κ3) is 3.99. The number of aryl methyl sites for hydroxylation is 1. The minimum absolute atomic E-state index is 0.102. The molecule has 2 aromatic carbocycles. The molecule has 1 N–H and O–H groups in total. The van der Waals surface area contributed by atoms with E-state index in [-0.39, 0.29) is 24.1 Å². The van der Waals surface area contributed by atoms with Gasteiger partial charge in [0, 0.05) is 18.2 Å². The Labute approximate surface area is 169 Å². The third-order valence-electron chi connectivity index (χ3n) is 6.24. The van der Waals surface area contributed by atoms with Crippen molar-refractivity contribution in [3.8, 4) is 5.75 Å². The molecule has 0 radical (unpaired) electrons. The van der Waals surface area contributed by atoms with Crippen LogP contribution < -0.4 is 10.1 Å². The van der Waals surface area contributed by atoms with Gasteiger partial charge in [-0.1, -0.05) is 17.7 Å². The molecule has 0 bridgehead atoms. The standard InChI is InChI=1S/C23H26F2N2O2/c1-15-6-7-21-17(12-15)22(28)26-14-23(29-21)10-8-16(9-11-23)27(2)13-18-19(24)4-3-5-20(18)25/h3-7,12,16H,8-11,13-14H2,1-2H3,(H,26,28). The van der Waals surface area contributed by atoms with Crippen LogP contribution in [0.25, 0.3) is 0 Å². The van der Waals surface area contributed by atoms with E-state index < -0.39 is 17.2 Å². The Morgan fingerprint density at radius 3 is 2.55 bits per heavy atom. The van der Waals surface area contributed by atoms with Gasteiger partial charge in [-0.05, 0) is 63.9 Å². The minimum Gasteiger partial charge on any atom is -0.485 e. The van der Waals surface area contributed by atoms with Crippen molar-refractivity contribution in [3.63, 3.8) is 0 Å². The number of ether oxygens (including phenoxy) is 1. The third-order valence-corrected chi connectivity index (χ3v) is 6.24. The Bertz CT molecular complexity index is 903. The van der Waals surface area contributed by atoms with Crippen molar-refractivity contribution in [2.45, 2.75) is 50.8 Å². The lowest BCUT2D eigenvalue weighted by Crippen LogP contribution is -2.50. The number of carbonyl (C=O) groups is 1. The number of halogens is 2. The lowest BCUT2D eigenvalue weighted by molar-refractivity contribution is 0.00854. The lowest BCUT2D eigenvalue weighted by Gasteiger charge is -2.42. The second kappa shape index (κ2) is 7.75. The number of hydrogen-bond donors (Lipinski definition) is 1. The zero-order chi connectivity index (χ0) is 20.6. The van der Waals surface area contributed by atoms with Crippen molar-refractivity contribution >= 4 is 5.91 Å². The van der Waals surface area contributed by atoms with Crippen molar-refractivity contribution in [2.75, 3.05) is 13.6 Å². The molecule has 0 aromatic heterocycles. The predicted molar refractivity (Wildman–Crippen MR) is 107 cm³/mol. The SMILES string of the molecule is Cc1ccc2c(c1)C(=O)NCC1(CCC(N(C)Cc3c(F)cccc3F)CC1)O2. The molecule has 0 atom stereocenters. The van der Waals surface area contributed by atoms with Crippen molar-refractivity contribution in [3.05, 3.63) is 64.7 Å². The van der Waals surface area contributed by atoms with E-state index in [1.54, 1.807) is 0 Å². The molecule has 1 heterocycles. The van der Waals surface area contributed by atoms with Crippen LogP contribution in [-0.4, -0.2) is 36.0 Å². The first kappa shape index (κ1) is 19.8. The van der Waals surface area contributed by atoms with Gasteiger partial charge in [0.05, 0.1) is 12.1 Å². The largest absolute Gasteiger partial charge is 0.485 e. The Morgan fingerprint density at radius 1 is 1.17 bits per heavy atom. The maximum absolute atomic E-state index is 14.0. The molecule has 29 heavy (non-hydrogen) atoms. The van der Waals surface area contributed by atoms with Crippen LogP contribution in [0.1, 0.15) is 47.2 Å². The minimum atomic E-state index is -0.508. The van der Waals surface area contributed by atoms with Crippen LogP contribution in [0.5, 0.6) is 5.75 Å². The molecule has 1 amide bonds. The highest BCUT2D eigenvalue weighted by molar-refractivity contribution is 5.97. The first-order chi connectivity index (χ1) is 13.9. The molecule has 6 heteroatoms. The number of hydrogen-bond acceptors (Lipinski definition) is 3. The molecule has 0 saturated heterocycles. The van der Waals surface area contributed by atoms with Crippen LogP contribution in [0.4, 0.5) is 8.78 Å². The molecular weight excluding hydrogens is 374 g/mol. The van der Waals surface area contributed by atoms with Gasteiger partial charge in [0.1, 0.15) is 23.0 Å². The summed E-state index contributed by atoms with van der Waals surface area (Å²) in [5.74, 6) is -0.489. The van der Waals surface area contributed by atoms with Gasteiger partial charge < -0.3 is 10.1 Å². The highest BCUT2D eigenvalue weighted by atomic mass is 19.1. The Balaban J connectivity index is 1.45. The highest BCUT2D eigenvalue weighted by Crippen LogP contribution is 2.37. The Morgan fingerprint density at radius 2 is 1.86 bits per heavy atom. The van der Waals surface area contributed by atoms with Crippen molar-refractivity contribution in [1.29, 1.82) is 0 Å². The molecule has 1 aliphatic heterocycles. The number of nitrogens with zero attached hydrogens (tertiary/aromatic N) is 1. The van der Waals surface area contributed by atoms with E-state index in [0.29, 0.717) is 17.9 Å².